The van der Waals surface area contributed by atoms with Crippen molar-refractivity contribution >= 4 is 8.80 Å². The molecular formula is C17H30O3Si. The predicted octanol–water partition coefficient (Wildman–Crippen LogP) is 4.05. The van der Waals surface area contributed by atoms with Crippen molar-refractivity contribution in [3.63, 3.8) is 0 Å². The minimum absolute atomic E-state index is 0.620. The van der Waals surface area contributed by atoms with Crippen LogP contribution in [0.1, 0.15) is 48.6 Å². The lowest BCUT2D eigenvalue weighted by molar-refractivity contribution is 0.0703. The van der Waals surface area contributed by atoms with E-state index in [2.05, 4.69) is 33.8 Å². The lowest BCUT2D eigenvalue weighted by Gasteiger charge is -2.30. The molecule has 0 fully saturated rings. The van der Waals surface area contributed by atoms with Gasteiger partial charge in [0.1, 0.15) is 0 Å². The topological polar surface area (TPSA) is 27.7 Å². The second-order valence-corrected chi connectivity index (χ2v) is 7.98. The van der Waals surface area contributed by atoms with Crippen molar-refractivity contribution in [2.75, 3.05) is 19.8 Å². The van der Waals surface area contributed by atoms with Crippen LogP contribution in [0.2, 0.25) is 0 Å². The molecule has 0 aliphatic carbocycles. The van der Waals surface area contributed by atoms with E-state index in [4.69, 9.17) is 13.3 Å². The van der Waals surface area contributed by atoms with E-state index in [1.165, 1.54) is 27.8 Å². The molecule has 0 spiro atoms. The van der Waals surface area contributed by atoms with Gasteiger partial charge in [0.2, 0.25) is 0 Å². The summed E-state index contributed by atoms with van der Waals surface area (Å²) in [5, 5.41) is 0. The summed E-state index contributed by atoms with van der Waals surface area (Å²) < 4.78 is 18.0. The van der Waals surface area contributed by atoms with E-state index in [-0.39, 0.29) is 0 Å². The van der Waals surface area contributed by atoms with Crippen molar-refractivity contribution in [1.29, 1.82) is 0 Å². The minimum atomic E-state index is -2.64. The van der Waals surface area contributed by atoms with Crippen LogP contribution < -0.4 is 0 Å². The summed E-state index contributed by atoms with van der Waals surface area (Å²) in [7, 11) is -2.64. The maximum atomic E-state index is 6.00. The molecule has 0 aliphatic heterocycles. The molecule has 1 rings (SSSR count). The molecule has 0 saturated heterocycles. The molecule has 1 aromatic rings. The zero-order chi connectivity index (χ0) is 16.0. The molecular weight excluding hydrogens is 280 g/mol. The average molecular weight is 311 g/mol. The van der Waals surface area contributed by atoms with Gasteiger partial charge in [0.15, 0.2) is 0 Å². The number of aryl methyl sites for hydroxylation is 2. The molecule has 0 bridgehead atoms. The van der Waals surface area contributed by atoms with Crippen molar-refractivity contribution in [1.82, 2.24) is 0 Å². The van der Waals surface area contributed by atoms with Gasteiger partial charge in [0, 0.05) is 25.9 Å². The standard InChI is InChI=1S/C17H30O3Si/c1-8-18-21(19-9-2,20-10-3)12-17-15(6)13(4)11-14(5)16(17)7/h11H,8-10,12H2,1-7H3. The zero-order valence-electron chi connectivity index (χ0n) is 14.6. The molecule has 0 atom stereocenters. The predicted molar refractivity (Wildman–Crippen MR) is 89.7 cm³/mol. The largest absolute Gasteiger partial charge is 0.505 e. The molecule has 1 aromatic carbocycles. The summed E-state index contributed by atoms with van der Waals surface area (Å²) >= 11 is 0. The Labute approximate surface area is 131 Å². The zero-order valence-corrected chi connectivity index (χ0v) is 15.6. The van der Waals surface area contributed by atoms with Crippen molar-refractivity contribution in [2.24, 2.45) is 0 Å². The van der Waals surface area contributed by atoms with E-state index < -0.39 is 8.80 Å². The maximum Gasteiger partial charge on any atom is 0.505 e. The Morgan fingerprint density at radius 1 is 0.762 bits per heavy atom. The van der Waals surface area contributed by atoms with Gasteiger partial charge < -0.3 is 13.3 Å². The van der Waals surface area contributed by atoms with Crippen LogP contribution in [-0.2, 0) is 19.3 Å². The normalized spacial score (nSPS) is 12.0. The number of benzene rings is 1. The molecule has 3 nitrogen and oxygen atoms in total. The van der Waals surface area contributed by atoms with Crippen molar-refractivity contribution in [3.05, 3.63) is 33.9 Å². The van der Waals surface area contributed by atoms with Crippen molar-refractivity contribution in [3.8, 4) is 0 Å². The van der Waals surface area contributed by atoms with Crippen LogP contribution in [0.15, 0.2) is 6.07 Å². The molecule has 0 N–H and O–H groups in total. The summed E-state index contributed by atoms with van der Waals surface area (Å²) in [6.07, 6.45) is 0. The first-order valence-electron chi connectivity index (χ1n) is 7.88. The summed E-state index contributed by atoms with van der Waals surface area (Å²) in [4.78, 5) is 0. The average Bonchev–Trinajstić information content (AvgIpc) is 2.42. The second-order valence-electron chi connectivity index (χ2n) is 5.40. The maximum absolute atomic E-state index is 6.00. The van der Waals surface area contributed by atoms with Gasteiger partial charge in [-0.25, -0.2) is 0 Å². The Bertz CT molecular complexity index is 428. The van der Waals surface area contributed by atoms with Crippen molar-refractivity contribution < 1.29 is 13.3 Å². The fourth-order valence-corrected chi connectivity index (χ4v) is 5.56. The van der Waals surface area contributed by atoms with E-state index >= 15 is 0 Å². The molecule has 0 amide bonds. The van der Waals surface area contributed by atoms with E-state index in [1.54, 1.807) is 0 Å². The van der Waals surface area contributed by atoms with Crippen LogP contribution >= 0.6 is 0 Å². The number of hydrogen-bond donors (Lipinski definition) is 0. The fourth-order valence-electron chi connectivity index (χ4n) is 2.72. The van der Waals surface area contributed by atoms with Crippen LogP contribution in [0.25, 0.3) is 0 Å². The minimum Gasteiger partial charge on any atom is -0.374 e. The summed E-state index contributed by atoms with van der Waals surface area (Å²) in [5.41, 5.74) is 6.62. The Balaban J connectivity index is 3.25. The lowest BCUT2D eigenvalue weighted by Crippen LogP contribution is -2.49. The highest BCUT2D eigenvalue weighted by molar-refractivity contribution is 6.60. The van der Waals surface area contributed by atoms with E-state index in [9.17, 15) is 0 Å². The molecule has 0 saturated carbocycles. The van der Waals surface area contributed by atoms with Gasteiger partial charge in [-0.3, -0.25) is 0 Å². The van der Waals surface area contributed by atoms with E-state index in [0.717, 1.165) is 6.04 Å². The van der Waals surface area contributed by atoms with E-state index in [0.29, 0.717) is 19.8 Å². The first-order valence-corrected chi connectivity index (χ1v) is 9.82. The van der Waals surface area contributed by atoms with Gasteiger partial charge in [0.05, 0.1) is 0 Å². The third-order valence-electron chi connectivity index (χ3n) is 4.01. The monoisotopic (exact) mass is 310 g/mol. The highest BCUT2D eigenvalue weighted by Gasteiger charge is 2.41. The number of rotatable bonds is 8. The number of hydrogen-bond acceptors (Lipinski definition) is 3. The third kappa shape index (κ3) is 4.39. The Kier molecular flexibility index (Phi) is 7.07. The van der Waals surface area contributed by atoms with Gasteiger partial charge in [-0.05, 0) is 76.3 Å². The van der Waals surface area contributed by atoms with Crippen LogP contribution in [0.3, 0.4) is 0 Å². The molecule has 0 aliphatic rings. The van der Waals surface area contributed by atoms with Crippen molar-refractivity contribution in [2.45, 2.75) is 54.5 Å². The molecule has 0 aromatic heterocycles. The highest BCUT2D eigenvalue weighted by Crippen LogP contribution is 2.26. The lowest BCUT2D eigenvalue weighted by atomic mass is 9.95. The third-order valence-corrected chi connectivity index (χ3v) is 6.98. The SMILES string of the molecule is CCO[Si](Cc1c(C)c(C)cc(C)c1C)(OCC)OCC. The van der Waals surface area contributed by atoms with Crippen LogP contribution in [0.4, 0.5) is 0 Å². The van der Waals surface area contributed by atoms with Gasteiger partial charge >= 0.3 is 8.80 Å². The molecule has 0 heterocycles. The van der Waals surface area contributed by atoms with Crippen LogP contribution in [0, 0.1) is 27.7 Å². The summed E-state index contributed by atoms with van der Waals surface area (Å²) in [6, 6.07) is 3.00. The first-order chi connectivity index (χ1) is 9.90. The molecule has 120 valence electrons. The Hall–Kier alpha value is -0.683. The molecule has 4 heteroatoms. The molecule has 0 radical (unpaired) electrons. The van der Waals surface area contributed by atoms with Gasteiger partial charge in [-0.15, -0.1) is 0 Å². The van der Waals surface area contributed by atoms with Crippen LogP contribution in [-0.4, -0.2) is 28.6 Å². The second kappa shape index (κ2) is 8.08. The van der Waals surface area contributed by atoms with E-state index in [1.807, 2.05) is 20.8 Å². The first kappa shape index (κ1) is 18.4. The van der Waals surface area contributed by atoms with Gasteiger partial charge in [-0.1, -0.05) is 6.07 Å². The fraction of sp³-hybridized carbons (Fsp3) is 0.647. The molecule has 21 heavy (non-hydrogen) atoms. The highest BCUT2D eigenvalue weighted by atomic mass is 28.4. The quantitative estimate of drug-likeness (QED) is 0.678. The Morgan fingerprint density at radius 2 is 1.14 bits per heavy atom. The molecule has 0 unspecified atom stereocenters. The van der Waals surface area contributed by atoms with Gasteiger partial charge in [0.25, 0.3) is 0 Å². The summed E-state index contributed by atoms with van der Waals surface area (Å²) in [6.45, 7) is 16.6. The Morgan fingerprint density at radius 3 is 1.48 bits per heavy atom. The van der Waals surface area contributed by atoms with Gasteiger partial charge in [-0.2, -0.15) is 0 Å². The smallest absolute Gasteiger partial charge is 0.374 e. The van der Waals surface area contributed by atoms with Crippen LogP contribution in [0.5, 0.6) is 0 Å². The summed E-state index contributed by atoms with van der Waals surface area (Å²) in [5.74, 6) is 0.